The number of H-pyrrole nitrogens is 1. The number of rotatable bonds is 4. The van der Waals surface area contributed by atoms with Crippen LogP contribution in [0.5, 0.6) is 5.75 Å². The Morgan fingerprint density at radius 1 is 1.16 bits per heavy atom. The second-order valence-electron chi connectivity index (χ2n) is 5.89. The van der Waals surface area contributed by atoms with Gasteiger partial charge in [-0.1, -0.05) is 0 Å². The first kappa shape index (κ1) is 17.0. The highest BCUT2D eigenvalue weighted by Gasteiger charge is 2.25. The number of hydrogen-bond donors (Lipinski definition) is 1. The summed E-state index contributed by atoms with van der Waals surface area (Å²) in [6, 6.07) is 7.90. The molecule has 0 unspecified atom stereocenters. The van der Waals surface area contributed by atoms with Gasteiger partial charge in [-0.2, -0.15) is 0 Å². The number of carbonyl (C=O) groups is 2. The molecule has 0 aliphatic carbocycles. The summed E-state index contributed by atoms with van der Waals surface area (Å²) in [5, 5.41) is 0. The maximum absolute atomic E-state index is 13.8. The topological polar surface area (TPSA) is 65.6 Å². The molecule has 1 aromatic heterocycles. The highest BCUT2D eigenvalue weighted by molar-refractivity contribution is 5.94. The molecule has 1 aliphatic heterocycles. The minimum Gasteiger partial charge on any atom is -0.494 e. The number of carbonyl (C=O) groups excluding carboxylic acids is 2. The zero-order chi connectivity index (χ0) is 17.8. The van der Waals surface area contributed by atoms with Gasteiger partial charge in [-0.25, -0.2) is 4.39 Å². The summed E-state index contributed by atoms with van der Waals surface area (Å²) in [7, 11) is 1.38. The molecule has 6 nitrogen and oxygen atoms in total. The van der Waals surface area contributed by atoms with Crippen molar-refractivity contribution in [1.29, 1.82) is 0 Å². The van der Waals surface area contributed by atoms with Crippen LogP contribution in [0.1, 0.15) is 16.1 Å². The van der Waals surface area contributed by atoms with Crippen LogP contribution in [0.3, 0.4) is 0 Å². The predicted octanol–water partition coefficient (Wildman–Crippen LogP) is 1.69. The van der Waals surface area contributed by atoms with Crippen molar-refractivity contribution < 1.29 is 18.7 Å². The normalized spacial score (nSPS) is 14.5. The second-order valence-corrected chi connectivity index (χ2v) is 5.89. The average molecular weight is 345 g/mol. The van der Waals surface area contributed by atoms with Crippen molar-refractivity contribution >= 4 is 11.8 Å². The molecule has 1 fully saturated rings. The second kappa shape index (κ2) is 7.38. The number of methoxy groups -OCH3 is 1. The fourth-order valence-corrected chi connectivity index (χ4v) is 2.89. The summed E-state index contributed by atoms with van der Waals surface area (Å²) in [6.07, 6.45) is 2.11. The van der Waals surface area contributed by atoms with E-state index in [0.717, 1.165) is 5.69 Å². The Kier molecular flexibility index (Phi) is 5.02. The zero-order valence-corrected chi connectivity index (χ0v) is 14.0. The maximum atomic E-state index is 13.8. The van der Waals surface area contributed by atoms with Crippen LogP contribution in [0, 0.1) is 5.82 Å². The lowest BCUT2D eigenvalue weighted by atomic mass is 10.1. The van der Waals surface area contributed by atoms with Gasteiger partial charge in [0, 0.05) is 43.6 Å². The summed E-state index contributed by atoms with van der Waals surface area (Å²) in [5.41, 5.74) is 1.15. The number of nitrogens with one attached hydrogen (secondary N) is 1. The summed E-state index contributed by atoms with van der Waals surface area (Å²) in [4.78, 5) is 31.2. The minimum absolute atomic E-state index is 0.0324. The molecule has 2 amide bonds. The predicted molar refractivity (Wildman–Crippen MR) is 89.9 cm³/mol. The number of piperazine rings is 1. The first-order valence-corrected chi connectivity index (χ1v) is 8.11. The Bertz CT molecular complexity index is 753. The molecule has 1 aromatic carbocycles. The molecule has 7 heteroatoms. The lowest BCUT2D eigenvalue weighted by molar-refractivity contribution is -0.132. The number of aromatic nitrogens is 1. The molecule has 0 bridgehead atoms. The van der Waals surface area contributed by atoms with E-state index in [1.807, 2.05) is 12.1 Å². The minimum atomic E-state index is -0.562. The van der Waals surface area contributed by atoms with Gasteiger partial charge in [-0.05, 0) is 30.3 Å². The third-order valence-corrected chi connectivity index (χ3v) is 4.32. The van der Waals surface area contributed by atoms with Gasteiger partial charge in [0.25, 0.3) is 5.91 Å². The van der Waals surface area contributed by atoms with E-state index < -0.39 is 5.82 Å². The van der Waals surface area contributed by atoms with Crippen LogP contribution in [0.15, 0.2) is 36.5 Å². The first-order chi connectivity index (χ1) is 12.1. The van der Waals surface area contributed by atoms with Crippen LogP contribution in [-0.4, -0.2) is 59.9 Å². The number of hydrogen-bond acceptors (Lipinski definition) is 3. The molecule has 0 atom stereocenters. The number of halogens is 1. The van der Waals surface area contributed by atoms with E-state index in [1.54, 1.807) is 22.1 Å². The monoisotopic (exact) mass is 345 g/mol. The largest absolute Gasteiger partial charge is 0.494 e. The molecule has 1 N–H and O–H groups in total. The van der Waals surface area contributed by atoms with Gasteiger partial charge >= 0.3 is 0 Å². The van der Waals surface area contributed by atoms with Gasteiger partial charge < -0.3 is 19.5 Å². The Hall–Kier alpha value is -2.83. The molecular weight excluding hydrogens is 325 g/mol. The van der Waals surface area contributed by atoms with Crippen molar-refractivity contribution in [3.63, 3.8) is 0 Å². The molecule has 0 spiro atoms. The van der Waals surface area contributed by atoms with Crippen LogP contribution in [0.2, 0.25) is 0 Å². The van der Waals surface area contributed by atoms with Crippen LogP contribution >= 0.6 is 0 Å². The maximum Gasteiger partial charge on any atom is 0.254 e. The van der Waals surface area contributed by atoms with Gasteiger partial charge in [-0.3, -0.25) is 9.59 Å². The van der Waals surface area contributed by atoms with E-state index in [2.05, 4.69) is 4.98 Å². The molecule has 3 rings (SSSR count). The number of amides is 2. The van der Waals surface area contributed by atoms with Gasteiger partial charge in [0.05, 0.1) is 13.5 Å². The van der Waals surface area contributed by atoms with Crippen molar-refractivity contribution in [1.82, 2.24) is 14.8 Å². The molecule has 2 aromatic rings. The Morgan fingerprint density at radius 2 is 1.88 bits per heavy atom. The highest BCUT2D eigenvalue weighted by atomic mass is 19.1. The zero-order valence-electron chi connectivity index (χ0n) is 14.0. The molecule has 132 valence electrons. The summed E-state index contributed by atoms with van der Waals surface area (Å²) in [5.74, 6) is -0.660. The van der Waals surface area contributed by atoms with Crippen molar-refractivity contribution in [3.8, 4) is 5.75 Å². The van der Waals surface area contributed by atoms with Crippen molar-refractivity contribution in [2.75, 3.05) is 33.3 Å². The molecule has 1 aliphatic rings. The lowest BCUT2D eigenvalue weighted by Crippen LogP contribution is -2.51. The SMILES string of the molecule is COc1ccc(C(=O)N2CCN(C(=O)Cc3ccc[nH]3)CC2)cc1F. The van der Waals surface area contributed by atoms with Gasteiger partial charge in [0.1, 0.15) is 0 Å². The third kappa shape index (κ3) is 3.81. The molecule has 1 saturated heterocycles. The Labute approximate surface area is 145 Å². The number of aromatic amines is 1. The fraction of sp³-hybridized carbons (Fsp3) is 0.333. The smallest absolute Gasteiger partial charge is 0.254 e. The van der Waals surface area contributed by atoms with Crippen LogP contribution in [-0.2, 0) is 11.2 Å². The molecule has 2 heterocycles. The van der Waals surface area contributed by atoms with E-state index in [-0.39, 0.29) is 23.1 Å². The van der Waals surface area contributed by atoms with Gasteiger partial charge in [0.2, 0.25) is 5.91 Å². The molecule has 0 radical (unpaired) electrons. The van der Waals surface area contributed by atoms with E-state index in [9.17, 15) is 14.0 Å². The summed E-state index contributed by atoms with van der Waals surface area (Å²) >= 11 is 0. The van der Waals surface area contributed by atoms with E-state index in [1.165, 1.54) is 19.2 Å². The van der Waals surface area contributed by atoms with Crippen LogP contribution < -0.4 is 4.74 Å². The fourth-order valence-electron chi connectivity index (χ4n) is 2.89. The van der Waals surface area contributed by atoms with E-state index in [4.69, 9.17) is 4.74 Å². The van der Waals surface area contributed by atoms with E-state index in [0.29, 0.717) is 32.6 Å². The van der Waals surface area contributed by atoms with E-state index >= 15 is 0 Å². The summed E-state index contributed by atoms with van der Waals surface area (Å²) in [6.45, 7) is 1.82. The third-order valence-electron chi connectivity index (χ3n) is 4.32. The van der Waals surface area contributed by atoms with Crippen molar-refractivity contribution in [2.45, 2.75) is 6.42 Å². The summed E-state index contributed by atoms with van der Waals surface area (Å²) < 4.78 is 18.6. The van der Waals surface area contributed by atoms with Crippen LogP contribution in [0.4, 0.5) is 4.39 Å². The Balaban J connectivity index is 1.57. The number of nitrogens with zero attached hydrogens (tertiary/aromatic N) is 2. The number of benzene rings is 1. The van der Waals surface area contributed by atoms with Crippen molar-refractivity contribution in [2.24, 2.45) is 0 Å². The first-order valence-electron chi connectivity index (χ1n) is 8.11. The average Bonchev–Trinajstić information content (AvgIpc) is 3.14. The van der Waals surface area contributed by atoms with Crippen LogP contribution in [0.25, 0.3) is 0 Å². The Morgan fingerprint density at radius 3 is 2.48 bits per heavy atom. The highest BCUT2D eigenvalue weighted by Crippen LogP contribution is 2.19. The molecule has 25 heavy (non-hydrogen) atoms. The number of ether oxygens (including phenoxy) is 1. The quantitative estimate of drug-likeness (QED) is 0.917. The van der Waals surface area contributed by atoms with Gasteiger partial charge in [0.15, 0.2) is 11.6 Å². The van der Waals surface area contributed by atoms with Gasteiger partial charge in [-0.15, -0.1) is 0 Å². The van der Waals surface area contributed by atoms with Crippen molar-refractivity contribution in [3.05, 3.63) is 53.6 Å². The molecular formula is C18H20FN3O3. The standard InChI is InChI=1S/C18H20FN3O3/c1-25-16-5-4-13(11-15(16)19)18(24)22-9-7-21(8-10-22)17(23)12-14-3-2-6-20-14/h2-6,11,20H,7-10,12H2,1H3. The molecule has 0 saturated carbocycles. The lowest BCUT2D eigenvalue weighted by Gasteiger charge is -2.34.